The third-order valence-corrected chi connectivity index (χ3v) is 2.67. The van der Waals surface area contributed by atoms with Gasteiger partial charge in [-0.05, 0) is 42.5 Å². The van der Waals surface area contributed by atoms with Crippen LogP contribution in [0.4, 0.5) is 0 Å². The van der Waals surface area contributed by atoms with Gasteiger partial charge in [0.2, 0.25) is 0 Å². The summed E-state index contributed by atoms with van der Waals surface area (Å²) in [5.41, 5.74) is 6.58. The lowest BCUT2D eigenvalue weighted by Crippen LogP contribution is -2.19. The number of carbonyl (C=O) groups excluding carboxylic acids is 1. The van der Waals surface area contributed by atoms with Gasteiger partial charge < -0.3 is 10.5 Å². The minimum atomic E-state index is -0.242. The molecule has 0 saturated carbocycles. The van der Waals surface area contributed by atoms with Crippen LogP contribution in [0.3, 0.4) is 0 Å². The Morgan fingerprint density at radius 3 is 2.18 bits per heavy atom. The van der Waals surface area contributed by atoms with Crippen molar-refractivity contribution in [2.24, 2.45) is 11.7 Å². The Morgan fingerprint density at radius 2 is 1.77 bits per heavy atom. The molecular weight excluding hydrogens is 296 g/mol. The fraction of sp³-hybridized carbons (Fsp3) is 0.471. The van der Waals surface area contributed by atoms with Gasteiger partial charge in [0.05, 0.1) is 6.61 Å². The van der Waals surface area contributed by atoms with E-state index in [-0.39, 0.29) is 12.5 Å². The molecule has 0 heterocycles. The van der Waals surface area contributed by atoms with Crippen LogP contribution < -0.4 is 10.5 Å². The van der Waals surface area contributed by atoms with Crippen molar-refractivity contribution in [2.45, 2.75) is 39.1 Å². The van der Waals surface area contributed by atoms with Gasteiger partial charge in [0.1, 0.15) is 6.54 Å². The first-order valence-corrected chi connectivity index (χ1v) is 7.98. The van der Waals surface area contributed by atoms with Gasteiger partial charge in [0.25, 0.3) is 0 Å². The van der Waals surface area contributed by atoms with Gasteiger partial charge >= 0.3 is 5.97 Å². The lowest BCUT2D eigenvalue weighted by molar-refractivity contribution is -0.141. The van der Waals surface area contributed by atoms with Gasteiger partial charge in [-0.25, -0.2) is 4.72 Å². The Kier molecular flexibility index (Phi) is 16.5. The molecule has 0 amide bonds. The maximum atomic E-state index is 11.0. The van der Waals surface area contributed by atoms with E-state index in [2.05, 4.69) is 38.3 Å². The molecule has 22 heavy (non-hydrogen) atoms. The highest BCUT2D eigenvalue weighted by molar-refractivity contribution is 7.97. The molecule has 0 bridgehead atoms. The number of nitrogens with two attached hydrogens (primary N) is 1. The summed E-state index contributed by atoms with van der Waals surface area (Å²) in [7, 11) is 0. The number of rotatable bonds is 6. The Hall–Kier alpha value is -1.48. The SMILES string of the molecule is C#C.CC(C)C.CCOC(=O)CNSc1ccc(CN)cc1. The number of ether oxygens (including phenoxy) is 1. The first-order chi connectivity index (χ1) is 10.5. The number of hydrogen-bond donors (Lipinski definition) is 2. The minimum Gasteiger partial charge on any atom is -0.465 e. The molecule has 0 saturated heterocycles. The second-order valence-corrected chi connectivity index (χ2v) is 5.77. The molecule has 0 fully saturated rings. The van der Waals surface area contributed by atoms with Crippen molar-refractivity contribution in [1.82, 2.24) is 4.72 Å². The van der Waals surface area contributed by atoms with Gasteiger partial charge in [-0.1, -0.05) is 32.9 Å². The summed E-state index contributed by atoms with van der Waals surface area (Å²) in [5, 5.41) is 0. The van der Waals surface area contributed by atoms with E-state index in [1.54, 1.807) is 6.92 Å². The lowest BCUT2D eigenvalue weighted by atomic mass is 10.2. The topological polar surface area (TPSA) is 64.3 Å². The third-order valence-electron chi connectivity index (χ3n) is 1.87. The molecule has 0 aliphatic heterocycles. The van der Waals surface area contributed by atoms with E-state index < -0.39 is 0 Å². The molecule has 1 aromatic carbocycles. The van der Waals surface area contributed by atoms with Crippen molar-refractivity contribution in [3.05, 3.63) is 29.8 Å². The Morgan fingerprint density at radius 1 is 1.27 bits per heavy atom. The van der Waals surface area contributed by atoms with E-state index >= 15 is 0 Å². The maximum Gasteiger partial charge on any atom is 0.320 e. The maximum absolute atomic E-state index is 11.0. The number of esters is 1. The van der Waals surface area contributed by atoms with Crippen molar-refractivity contribution in [3.63, 3.8) is 0 Å². The zero-order valence-electron chi connectivity index (χ0n) is 14.0. The molecule has 0 spiro atoms. The normalized spacial score (nSPS) is 9.09. The molecule has 0 unspecified atom stereocenters. The average Bonchev–Trinajstić information content (AvgIpc) is 2.50. The average molecular weight is 324 g/mol. The smallest absolute Gasteiger partial charge is 0.320 e. The second-order valence-electron chi connectivity index (χ2n) is 4.81. The fourth-order valence-corrected chi connectivity index (χ4v) is 1.71. The Balaban J connectivity index is 0. The molecule has 1 rings (SSSR count). The molecule has 124 valence electrons. The van der Waals surface area contributed by atoms with Crippen molar-refractivity contribution in [3.8, 4) is 12.8 Å². The van der Waals surface area contributed by atoms with Crippen LogP contribution in [0.15, 0.2) is 29.2 Å². The minimum absolute atomic E-state index is 0.206. The summed E-state index contributed by atoms with van der Waals surface area (Å²) in [6, 6.07) is 7.86. The van der Waals surface area contributed by atoms with Crippen molar-refractivity contribution in [1.29, 1.82) is 0 Å². The number of benzene rings is 1. The van der Waals surface area contributed by atoms with Gasteiger partial charge in [-0.15, -0.1) is 12.8 Å². The van der Waals surface area contributed by atoms with E-state index in [1.807, 2.05) is 24.3 Å². The van der Waals surface area contributed by atoms with Crippen LogP contribution in [0, 0.1) is 18.8 Å². The molecule has 0 aliphatic rings. The molecule has 4 nitrogen and oxygen atoms in total. The summed E-state index contributed by atoms with van der Waals surface area (Å²) in [6.07, 6.45) is 8.00. The molecule has 1 aromatic rings. The van der Waals surface area contributed by atoms with Crippen LogP contribution in [0.5, 0.6) is 0 Å². The van der Waals surface area contributed by atoms with Crippen LogP contribution in [0.25, 0.3) is 0 Å². The van der Waals surface area contributed by atoms with Crippen molar-refractivity contribution in [2.75, 3.05) is 13.2 Å². The largest absolute Gasteiger partial charge is 0.465 e. The van der Waals surface area contributed by atoms with Crippen molar-refractivity contribution >= 4 is 17.9 Å². The van der Waals surface area contributed by atoms with E-state index in [0.717, 1.165) is 16.4 Å². The van der Waals surface area contributed by atoms with Gasteiger partial charge in [-0.3, -0.25) is 4.79 Å². The lowest BCUT2D eigenvalue weighted by Gasteiger charge is -2.04. The first kappa shape index (κ1) is 22.8. The van der Waals surface area contributed by atoms with E-state index in [9.17, 15) is 4.79 Å². The molecule has 0 aliphatic carbocycles. The summed E-state index contributed by atoms with van der Waals surface area (Å²) in [6.45, 7) is 9.45. The quantitative estimate of drug-likeness (QED) is 0.478. The van der Waals surface area contributed by atoms with Gasteiger partial charge in [0, 0.05) is 11.4 Å². The molecular formula is C17H28N2O2S. The van der Waals surface area contributed by atoms with E-state index in [0.29, 0.717) is 13.2 Å². The summed E-state index contributed by atoms with van der Waals surface area (Å²) < 4.78 is 7.72. The number of nitrogens with one attached hydrogen (secondary N) is 1. The molecule has 0 radical (unpaired) electrons. The first-order valence-electron chi connectivity index (χ1n) is 7.17. The van der Waals surface area contributed by atoms with Crippen LogP contribution in [0.1, 0.15) is 33.3 Å². The fourth-order valence-electron chi connectivity index (χ4n) is 1.08. The second kappa shape index (κ2) is 15.9. The highest BCUT2D eigenvalue weighted by atomic mass is 32.2. The molecule has 3 N–H and O–H groups in total. The monoisotopic (exact) mass is 324 g/mol. The predicted molar refractivity (Wildman–Crippen MR) is 95.2 cm³/mol. The van der Waals surface area contributed by atoms with Crippen LogP contribution >= 0.6 is 11.9 Å². The standard InChI is InChI=1S/C11H16N2O2S.C4H10.C2H2/c1-2-15-11(14)8-13-16-10-5-3-9(7-12)4-6-10;1-4(2)3;1-2/h3-6,13H,2,7-8,12H2,1H3;4H,1-3H3;1-2H. The number of terminal acetylenes is 1. The van der Waals surface area contributed by atoms with Crippen LogP contribution in [-0.2, 0) is 16.1 Å². The highest BCUT2D eigenvalue weighted by Gasteiger charge is 2.01. The van der Waals surface area contributed by atoms with Crippen molar-refractivity contribution < 1.29 is 9.53 Å². The van der Waals surface area contributed by atoms with Gasteiger partial charge in [-0.2, -0.15) is 0 Å². The molecule has 0 aromatic heterocycles. The highest BCUT2D eigenvalue weighted by Crippen LogP contribution is 2.14. The van der Waals surface area contributed by atoms with E-state index in [1.165, 1.54) is 11.9 Å². The zero-order valence-corrected chi connectivity index (χ0v) is 14.8. The predicted octanol–water partition coefficient (Wildman–Crippen LogP) is 3.22. The van der Waals surface area contributed by atoms with E-state index in [4.69, 9.17) is 10.5 Å². The molecule has 5 heteroatoms. The number of carbonyl (C=O) groups is 1. The summed E-state index contributed by atoms with van der Waals surface area (Å²) >= 11 is 1.40. The Labute approximate surface area is 139 Å². The number of hydrogen-bond acceptors (Lipinski definition) is 5. The molecule has 0 atom stereocenters. The summed E-state index contributed by atoms with van der Waals surface area (Å²) in [5.74, 6) is 0.591. The van der Waals surface area contributed by atoms with Crippen LogP contribution in [0.2, 0.25) is 0 Å². The zero-order chi connectivity index (χ0) is 17.4. The third kappa shape index (κ3) is 14.9. The summed E-state index contributed by atoms with van der Waals surface area (Å²) in [4.78, 5) is 12.1. The van der Waals surface area contributed by atoms with Gasteiger partial charge in [0.15, 0.2) is 0 Å². The Bertz CT molecular complexity index is 400. The van der Waals surface area contributed by atoms with Crippen LogP contribution in [-0.4, -0.2) is 19.1 Å².